The Morgan fingerprint density at radius 3 is 2.55 bits per heavy atom. The standard InChI is InChI=1S/C22H28N4O2S/c1-13-9-15(14(2)29-13)19-16(12-23)21(24)26(25-5-7-28-8-6-25)17-10-22(3,4)11-18(27)20(17)19/h9,19H,5-8,10-11,24H2,1-4H3/t19-/m1/s1. The average molecular weight is 413 g/mol. The number of aryl methyl sites for hydroxylation is 2. The van der Waals surface area contributed by atoms with Gasteiger partial charge in [-0.15, -0.1) is 11.3 Å². The van der Waals surface area contributed by atoms with Gasteiger partial charge in [-0.3, -0.25) is 9.80 Å². The third-order valence-corrected chi connectivity index (χ3v) is 7.00. The number of ether oxygens (including phenoxy) is 1. The van der Waals surface area contributed by atoms with Crippen molar-refractivity contribution in [1.82, 2.24) is 10.0 Å². The van der Waals surface area contributed by atoms with Crippen molar-refractivity contribution < 1.29 is 9.53 Å². The lowest BCUT2D eigenvalue weighted by atomic mass is 9.69. The van der Waals surface area contributed by atoms with Crippen LogP contribution < -0.4 is 5.73 Å². The molecular weight excluding hydrogens is 384 g/mol. The van der Waals surface area contributed by atoms with Gasteiger partial charge in [0.1, 0.15) is 5.82 Å². The van der Waals surface area contributed by atoms with Crippen molar-refractivity contribution in [3.8, 4) is 6.07 Å². The van der Waals surface area contributed by atoms with Crippen molar-refractivity contribution in [3.05, 3.63) is 44.0 Å². The summed E-state index contributed by atoms with van der Waals surface area (Å²) in [5.74, 6) is 0.204. The van der Waals surface area contributed by atoms with Crippen LogP contribution in [-0.2, 0) is 9.53 Å². The van der Waals surface area contributed by atoms with Gasteiger partial charge in [-0.05, 0) is 37.3 Å². The second kappa shape index (κ2) is 7.28. The van der Waals surface area contributed by atoms with Crippen LogP contribution >= 0.6 is 11.3 Å². The van der Waals surface area contributed by atoms with Crippen LogP contribution in [0.2, 0.25) is 0 Å². The lowest BCUT2D eigenvalue weighted by Crippen LogP contribution is -2.53. The maximum atomic E-state index is 13.4. The molecule has 1 aliphatic carbocycles. The molecule has 154 valence electrons. The van der Waals surface area contributed by atoms with E-state index >= 15 is 0 Å². The van der Waals surface area contributed by atoms with Gasteiger partial charge in [-0.1, -0.05) is 13.8 Å². The number of Topliss-reactive ketones (excluding diaryl/α,β-unsaturated/α-hetero) is 1. The molecule has 0 aromatic carbocycles. The smallest absolute Gasteiger partial charge is 0.162 e. The topological polar surface area (TPSA) is 82.6 Å². The molecule has 6 nitrogen and oxygen atoms in total. The van der Waals surface area contributed by atoms with E-state index in [2.05, 4.69) is 44.8 Å². The van der Waals surface area contributed by atoms with Gasteiger partial charge < -0.3 is 10.5 Å². The molecule has 2 N–H and O–H groups in total. The Hall–Kier alpha value is -2.14. The minimum atomic E-state index is -0.374. The van der Waals surface area contributed by atoms with E-state index in [9.17, 15) is 10.1 Å². The quantitative estimate of drug-likeness (QED) is 0.802. The molecule has 4 rings (SSSR count). The van der Waals surface area contributed by atoms with Crippen LogP contribution in [0.25, 0.3) is 0 Å². The van der Waals surface area contributed by atoms with Crippen molar-refractivity contribution in [2.24, 2.45) is 11.1 Å². The minimum absolute atomic E-state index is 0.128. The molecule has 1 fully saturated rings. The zero-order valence-corrected chi connectivity index (χ0v) is 18.4. The van der Waals surface area contributed by atoms with Crippen molar-refractivity contribution in [3.63, 3.8) is 0 Å². The highest BCUT2D eigenvalue weighted by Gasteiger charge is 2.46. The maximum Gasteiger partial charge on any atom is 0.162 e. The van der Waals surface area contributed by atoms with Crippen LogP contribution in [0.15, 0.2) is 28.7 Å². The summed E-state index contributed by atoms with van der Waals surface area (Å²) in [6.45, 7) is 11.0. The summed E-state index contributed by atoms with van der Waals surface area (Å²) < 4.78 is 5.51. The molecule has 0 spiro atoms. The van der Waals surface area contributed by atoms with Crippen LogP contribution in [0.5, 0.6) is 0 Å². The van der Waals surface area contributed by atoms with E-state index in [0.717, 1.165) is 28.1 Å². The normalized spacial score (nSPS) is 25.3. The second-order valence-corrected chi connectivity index (χ2v) is 10.4. The van der Waals surface area contributed by atoms with Crippen LogP contribution in [-0.4, -0.2) is 42.1 Å². The number of nitrogens with zero attached hydrogens (tertiary/aromatic N) is 3. The van der Waals surface area contributed by atoms with E-state index in [4.69, 9.17) is 10.5 Å². The summed E-state index contributed by atoms with van der Waals surface area (Å²) in [4.78, 5) is 15.8. The zero-order chi connectivity index (χ0) is 20.9. The zero-order valence-electron chi connectivity index (χ0n) is 17.5. The average Bonchev–Trinajstić information content (AvgIpc) is 2.98. The lowest BCUT2D eigenvalue weighted by Gasteiger charge is -2.48. The predicted molar refractivity (Wildman–Crippen MR) is 113 cm³/mol. The van der Waals surface area contributed by atoms with Crippen LogP contribution in [0, 0.1) is 30.6 Å². The third kappa shape index (κ3) is 3.39. The summed E-state index contributed by atoms with van der Waals surface area (Å²) >= 11 is 1.70. The molecule has 1 saturated heterocycles. The molecular formula is C22H28N4O2S. The Balaban J connectivity index is 1.94. The summed E-state index contributed by atoms with van der Waals surface area (Å²) in [5, 5.41) is 14.2. The molecule has 0 radical (unpaired) electrons. The highest BCUT2D eigenvalue weighted by molar-refractivity contribution is 7.12. The molecule has 0 unspecified atom stereocenters. The molecule has 2 aliphatic heterocycles. The predicted octanol–water partition coefficient (Wildman–Crippen LogP) is 3.35. The van der Waals surface area contributed by atoms with E-state index in [-0.39, 0.29) is 17.1 Å². The monoisotopic (exact) mass is 412 g/mol. The van der Waals surface area contributed by atoms with Gasteiger partial charge in [-0.25, -0.2) is 5.01 Å². The Morgan fingerprint density at radius 2 is 1.97 bits per heavy atom. The van der Waals surface area contributed by atoms with E-state index in [1.54, 1.807) is 11.3 Å². The van der Waals surface area contributed by atoms with Gasteiger partial charge in [0, 0.05) is 40.5 Å². The van der Waals surface area contributed by atoms with E-state index in [0.29, 0.717) is 44.1 Å². The van der Waals surface area contributed by atoms with Crippen LogP contribution in [0.4, 0.5) is 0 Å². The van der Waals surface area contributed by atoms with Gasteiger partial charge in [-0.2, -0.15) is 5.26 Å². The van der Waals surface area contributed by atoms with E-state index < -0.39 is 0 Å². The van der Waals surface area contributed by atoms with Crippen molar-refractivity contribution in [2.75, 3.05) is 26.3 Å². The fourth-order valence-corrected chi connectivity index (χ4v) is 5.78. The number of nitrogens with two attached hydrogens (primary N) is 1. The summed E-state index contributed by atoms with van der Waals surface area (Å²) in [6, 6.07) is 4.46. The first-order valence-corrected chi connectivity index (χ1v) is 10.9. The number of morpholine rings is 1. The fourth-order valence-electron chi connectivity index (χ4n) is 4.82. The summed E-state index contributed by atoms with van der Waals surface area (Å²) in [6.07, 6.45) is 1.24. The van der Waals surface area contributed by atoms with Gasteiger partial charge in [0.2, 0.25) is 0 Å². The van der Waals surface area contributed by atoms with Gasteiger partial charge >= 0.3 is 0 Å². The van der Waals surface area contributed by atoms with Crippen molar-refractivity contribution in [2.45, 2.75) is 46.5 Å². The first-order chi connectivity index (χ1) is 13.7. The van der Waals surface area contributed by atoms with Gasteiger partial charge in [0.25, 0.3) is 0 Å². The van der Waals surface area contributed by atoms with Crippen LogP contribution in [0.3, 0.4) is 0 Å². The molecule has 0 amide bonds. The molecule has 1 aromatic rings. The molecule has 0 bridgehead atoms. The second-order valence-electron chi connectivity index (χ2n) is 8.89. The minimum Gasteiger partial charge on any atom is -0.383 e. The molecule has 3 aliphatic rings. The van der Waals surface area contributed by atoms with E-state index in [1.807, 2.05) is 5.01 Å². The number of rotatable bonds is 2. The number of carbonyl (C=O) groups is 1. The summed E-state index contributed by atoms with van der Waals surface area (Å²) in [7, 11) is 0. The Bertz CT molecular complexity index is 960. The number of hydrogen-bond acceptors (Lipinski definition) is 7. The SMILES string of the molecule is Cc1cc([C@@H]2C(C#N)=C(N)N(N3CCOCC3)C3=C2C(=O)CC(C)(C)C3)c(C)s1. The Morgan fingerprint density at radius 1 is 1.28 bits per heavy atom. The first kappa shape index (κ1) is 20.1. The maximum absolute atomic E-state index is 13.4. The number of hydrazine groups is 1. The Kier molecular flexibility index (Phi) is 5.06. The van der Waals surface area contributed by atoms with E-state index in [1.165, 1.54) is 4.88 Å². The number of nitriles is 1. The molecule has 1 atom stereocenters. The molecule has 0 saturated carbocycles. The highest BCUT2D eigenvalue weighted by Crippen LogP contribution is 2.50. The molecule has 29 heavy (non-hydrogen) atoms. The van der Waals surface area contributed by atoms with Gasteiger partial charge in [0.15, 0.2) is 5.78 Å². The van der Waals surface area contributed by atoms with Crippen molar-refractivity contribution >= 4 is 17.1 Å². The molecule has 1 aromatic heterocycles. The fraction of sp³-hybridized carbons (Fsp3) is 0.545. The number of allylic oxidation sites excluding steroid dienone is 3. The molecule has 7 heteroatoms. The number of hydrogen-bond donors (Lipinski definition) is 1. The highest BCUT2D eigenvalue weighted by atomic mass is 32.1. The summed E-state index contributed by atoms with van der Waals surface area (Å²) in [5.41, 5.74) is 9.73. The third-order valence-electron chi connectivity index (χ3n) is 6.01. The van der Waals surface area contributed by atoms with Crippen LogP contribution in [0.1, 0.15) is 47.9 Å². The van der Waals surface area contributed by atoms with Crippen molar-refractivity contribution in [1.29, 1.82) is 5.26 Å². The lowest BCUT2D eigenvalue weighted by molar-refractivity contribution is -0.119. The number of ketones is 1. The van der Waals surface area contributed by atoms with Gasteiger partial charge in [0.05, 0.1) is 30.8 Å². The Labute approximate surface area is 176 Å². The number of thiophene rings is 1. The largest absolute Gasteiger partial charge is 0.383 e. The first-order valence-electron chi connectivity index (χ1n) is 10.1. The number of carbonyl (C=O) groups excluding carboxylic acids is 1. The molecule has 3 heterocycles.